The number of phenols is 1. The summed E-state index contributed by atoms with van der Waals surface area (Å²) in [5.74, 6) is 0.0941. The predicted octanol–water partition coefficient (Wildman–Crippen LogP) is 3.87. The number of aromatic hydroxyl groups is 1. The lowest BCUT2D eigenvalue weighted by molar-refractivity contribution is -0.384. The summed E-state index contributed by atoms with van der Waals surface area (Å²) in [5, 5.41) is 24.1. The summed E-state index contributed by atoms with van der Waals surface area (Å²) in [5.41, 5.74) is 1.80. The van der Waals surface area contributed by atoms with Gasteiger partial charge in [-0.25, -0.2) is 0 Å². The van der Waals surface area contributed by atoms with Crippen LogP contribution in [0.25, 0.3) is 0 Å². The van der Waals surface area contributed by atoms with Gasteiger partial charge in [-0.15, -0.1) is 0 Å². The van der Waals surface area contributed by atoms with Gasteiger partial charge < -0.3 is 10.4 Å². The summed E-state index contributed by atoms with van der Waals surface area (Å²) in [6, 6.07) is 9.61. The van der Waals surface area contributed by atoms with Crippen LogP contribution < -0.4 is 5.32 Å². The second-order valence-corrected chi connectivity index (χ2v) is 4.84. The minimum Gasteiger partial charge on any atom is -0.508 e. The smallest absolute Gasteiger partial charge is 0.292 e. The number of anilines is 1. The maximum atomic E-state index is 11.0. The first-order valence-electron chi connectivity index (χ1n) is 5.93. The number of nitrogens with zero attached hydrogens (tertiary/aromatic N) is 1. The molecular weight excluding hydrogens is 280 g/mol. The van der Waals surface area contributed by atoms with Gasteiger partial charge in [-0.2, -0.15) is 0 Å². The van der Waals surface area contributed by atoms with Gasteiger partial charge in [0.05, 0.1) is 4.92 Å². The number of phenolic OH excluding ortho intramolecular Hbond substituents is 1. The van der Waals surface area contributed by atoms with Crippen molar-refractivity contribution in [3.8, 4) is 5.75 Å². The maximum Gasteiger partial charge on any atom is 0.292 e. The molecule has 0 saturated carbocycles. The molecule has 0 amide bonds. The Labute approximate surface area is 121 Å². The van der Waals surface area contributed by atoms with E-state index >= 15 is 0 Å². The standard InChI is InChI=1S/C14H13ClN2O3/c1-9-2-4-12(13(6-9)17(19)20)16-8-10-7-11(15)3-5-14(10)18/h2-7,16,18H,8H2,1H3. The number of rotatable bonds is 4. The quantitative estimate of drug-likeness (QED) is 0.662. The van der Waals surface area contributed by atoms with E-state index in [-0.39, 0.29) is 18.0 Å². The van der Waals surface area contributed by atoms with Gasteiger partial charge in [0, 0.05) is 23.2 Å². The van der Waals surface area contributed by atoms with Gasteiger partial charge in [0.2, 0.25) is 0 Å². The molecule has 0 radical (unpaired) electrons. The molecule has 2 aromatic carbocycles. The number of aryl methyl sites for hydroxylation is 1. The van der Waals surface area contributed by atoms with Crippen LogP contribution in [0.2, 0.25) is 5.02 Å². The van der Waals surface area contributed by atoms with E-state index in [0.717, 1.165) is 5.56 Å². The number of nitro benzene ring substituents is 1. The molecule has 2 rings (SSSR count). The first kappa shape index (κ1) is 14.1. The highest BCUT2D eigenvalue weighted by Crippen LogP contribution is 2.27. The molecule has 2 N–H and O–H groups in total. The van der Waals surface area contributed by atoms with E-state index in [1.54, 1.807) is 31.2 Å². The zero-order valence-corrected chi connectivity index (χ0v) is 11.5. The highest BCUT2D eigenvalue weighted by atomic mass is 35.5. The first-order chi connectivity index (χ1) is 9.47. The molecule has 0 aliphatic heterocycles. The van der Waals surface area contributed by atoms with Gasteiger partial charge >= 0.3 is 0 Å². The molecule has 0 heterocycles. The molecule has 0 aliphatic rings. The lowest BCUT2D eigenvalue weighted by Crippen LogP contribution is -2.03. The lowest BCUT2D eigenvalue weighted by atomic mass is 10.1. The van der Waals surface area contributed by atoms with Gasteiger partial charge in [-0.3, -0.25) is 10.1 Å². The van der Waals surface area contributed by atoms with Crippen LogP contribution in [-0.2, 0) is 6.54 Å². The summed E-state index contributed by atoms with van der Waals surface area (Å²) >= 11 is 5.85. The lowest BCUT2D eigenvalue weighted by Gasteiger charge is -2.09. The Hall–Kier alpha value is -2.27. The summed E-state index contributed by atoms with van der Waals surface area (Å²) in [4.78, 5) is 10.6. The van der Waals surface area contributed by atoms with Crippen LogP contribution in [0, 0.1) is 17.0 Å². The SMILES string of the molecule is Cc1ccc(NCc2cc(Cl)ccc2O)c([N+](=O)[O-])c1. The molecule has 0 saturated heterocycles. The normalized spacial score (nSPS) is 10.3. The predicted molar refractivity (Wildman–Crippen MR) is 78.3 cm³/mol. The van der Waals surface area contributed by atoms with Crippen molar-refractivity contribution in [2.24, 2.45) is 0 Å². The summed E-state index contributed by atoms with van der Waals surface area (Å²) < 4.78 is 0. The van der Waals surface area contributed by atoms with Crippen LogP contribution in [0.15, 0.2) is 36.4 Å². The van der Waals surface area contributed by atoms with Crippen molar-refractivity contribution >= 4 is 23.0 Å². The van der Waals surface area contributed by atoms with Crippen molar-refractivity contribution in [2.45, 2.75) is 13.5 Å². The highest BCUT2D eigenvalue weighted by Gasteiger charge is 2.13. The molecule has 0 aliphatic carbocycles. The second kappa shape index (κ2) is 5.79. The molecule has 0 spiro atoms. The van der Waals surface area contributed by atoms with Crippen LogP contribution >= 0.6 is 11.6 Å². The van der Waals surface area contributed by atoms with Crippen LogP contribution in [0.1, 0.15) is 11.1 Å². The molecule has 20 heavy (non-hydrogen) atoms. The second-order valence-electron chi connectivity index (χ2n) is 4.40. The van der Waals surface area contributed by atoms with Crippen molar-refractivity contribution in [1.82, 2.24) is 0 Å². The van der Waals surface area contributed by atoms with Crippen LogP contribution in [0.5, 0.6) is 5.75 Å². The van der Waals surface area contributed by atoms with E-state index < -0.39 is 4.92 Å². The summed E-state index contributed by atoms with van der Waals surface area (Å²) in [6.07, 6.45) is 0. The third kappa shape index (κ3) is 3.19. The molecule has 6 heteroatoms. The Balaban J connectivity index is 2.23. The molecule has 0 aromatic heterocycles. The number of nitrogens with one attached hydrogen (secondary N) is 1. The van der Waals surface area contributed by atoms with Crippen LogP contribution in [-0.4, -0.2) is 10.0 Å². The number of benzene rings is 2. The molecule has 5 nitrogen and oxygen atoms in total. The van der Waals surface area contributed by atoms with Crippen molar-refractivity contribution in [3.05, 3.63) is 62.7 Å². The molecule has 104 valence electrons. The molecular formula is C14H13ClN2O3. The Morgan fingerprint density at radius 1 is 1.30 bits per heavy atom. The van der Waals surface area contributed by atoms with Crippen molar-refractivity contribution in [2.75, 3.05) is 5.32 Å². The van der Waals surface area contributed by atoms with Gasteiger partial charge in [-0.1, -0.05) is 17.7 Å². The van der Waals surface area contributed by atoms with E-state index in [1.807, 2.05) is 0 Å². The summed E-state index contributed by atoms with van der Waals surface area (Å²) in [7, 11) is 0. The third-order valence-electron chi connectivity index (χ3n) is 2.86. The molecule has 0 atom stereocenters. The van der Waals surface area contributed by atoms with Crippen LogP contribution in [0.3, 0.4) is 0 Å². The monoisotopic (exact) mass is 292 g/mol. The average molecular weight is 293 g/mol. The summed E-state index contributed by atoms with van der Waals surface area (Å²) in [6.45, 7) is 2.04. The van der Waals surface area contributed by atoms with E-state index in [1.165, 1.54) is 12.1 Å². The van der Waals surface area contributed by atoms with Crippen molar-refractivity contribution < 1.29 is 10.0 Å². The van der Waals surface area contributed by atoms with E-state index in [9.17, 15) is 15.2 Å². The Kier molecular flexibility index (Phi) is 4.10. The largest absolute Gasteiger partial charge is 0.508 e. The number of hydrogen-bond acceptors (Lipinski definition) is 4. The van der Waals surface area contributed by atoms with Crippen molar-refractivity contribution in [3.63, 3.8) is 0 Å². The maximum absolute atomic E-state index is 11.0. The minimum atomic E-state index is -0.437. The number of halogens is 1. The zero-order chi connectivity index (χ0) is 14.7. The number of hydrogen-bond donors (Lipinski definition) is 2. The van der Waals surface area contributed by atoms with Gasteiger partial charge in [-0.05, 0) is 36.8 Å². The highest BCUT2D eigenvalue weighted by molar-refractivity contribution is 6.30. The molecule has 2 aromatic rings. The molecule has 0 fully saturated rings. The van der Waals surface area contributed by atoms with E-state index in [0.29, 0.717) is 16.3 Å². The fourth-order valence-corrected chi connectivity index (χ4v) is 2.02. The fraction of sp³-hybridized carbons (Fsp3) is 0.143. The van der Waals surface area contributed by atoms with E-state index in [4.69, 9.17) is 11.6 Å². The Morgan fingerprint density at radius 2 is 2.05 bits per heavy atom. The minimum absolute atomic E-state index is 0.00604. The molecule has 0 unspecified atom stereocenters. The van der Waals surface area contributed by atoms with E-state index in [2.05, 4.69) is 5.32 Å². The topological polar surface area (TPSA) is 75.4 Å². The zero-order valence-electron chi connectivity index (χ0n) is 10.8. The third-order valence-corrected chi connectivity index (χ3v) is 3.10. The Bertz CT molecular complexity index is 659. The fourth-order valence-electron chi connectivity index (χ4n) is 1.83. The average Bonchev–Trinajstić information content (AvgIpc) is 2.40. The van der Waals surface area contributed by atoms with Gasteiger partial charge in [0.25, 0.3) is 5.69 Å². The first-order valence-corrected chi connectivity index (χ1v) is 6.31. The Morgan fingerprint density at radius 3 is 2.75 bits per heavy atom. The van der Waals surface area contributed by atoms with Gasteiger partial charge in [0.15, 0.2) is 0 Å². The van der Waals surface area contributed by atoms with Crippen LogP contribution in [0.4, 0.5) is 11.4 Å². The van der Waals surface area contributed by atoms with Gasteiger partial charge in [0.1, 0.15) is 11.4 Å². The molecule has 0 bridgehead atoms. The van der Waals surface area contributed by atoms with Crippen molar-refractivity contribution in [1.29, 1.82) is 0 Å². The number of nitro groups is 1.